The van der Waals surface area contributed by atoms with Gasteiger partial charge in [0.15, 0.2) is 0 Å². The first-order valence-corrected chi connectivity index (χ1v) is 10.3. The summed E-state index contributed by atoms with van der Waals surface area (Å²) in [6.45, 7) is 4.35. The van der Waals surface area contributed by atoms with Gasteiger partial charge in [0.1, 0.15) is 0 Å². The van der Waals surface area contributed by atoms with E-state index in [1.807, 2.05) is 66.6 Å². The van der Waals surface area contributed by atoms with Crippen LogP contribution in [0, 0.1) is 6.92 Å². The van der Waals surface area contributed by atoms with Crippen molar-refractivity contribution in [3.05, 3.63) is 77.9 Å². The van der Waals surface area contributed by atoms with Crippen molar-refractivity contribution >= 4 is 18.3 Å². The molecule has 0 spiro atoms. The Morgan fingerprint density at radius 1 is 1.13 bits per heavy atom. The Kier molecular flexibility index (Phi) is 7.60. The lowest BCUT2D eigenvalue weighted by molar-refractivity contribution is 0.0641. The normalized spacial score (nSPS) is 16.4. The number of carbonyl (C=O) groups is 1. The number of rotatable bonds is 5. The van der Waals surface area contributed by atoms with Crippen molar-refractivity contribution in [2.24, 2.45) is 0 Å². The third kappa shape index (κ3) is 5.07. The van der Waals surface area contributed by atoms with Gasteiger partial charge >= 0.3 is 0 Å². The average Bonchev–Trinajstić information content (AvgIpc) is 2.97. The van der Waals surface area contributed by atoms with Crippen LogP contribution in [0.4, 0.5) is 0 Å². The first kappa shape index (κ1) is 22.0. The van der Waals surface area contributed by atoms with Crippen LogP contribution in [0.25, 0.3) is 5.69 Å². The molecule has 1 fully saturated rings. The number of para-hydroxylation sites is 1. The zero-order valence-corrected chi connectivity index (χ0v) is 18.0. The molecule has 0 radical (unpaired) electrons. The molecule has 3 aromatic rings. The van der Waals surface area contributed by atoms with E-state index in [-0.39, 0.29) is 24.4 Å². The molecule has 30 heavy (non-hydrogen) atoms. The largest absolute Gasteiger partial charge is 0.330 e. The number of carbonyl (C=O) groups excluding carboxylic acids is 1. The second kappa shape index (κ2) is 10.4. The molecule has 0 bridgehead atoms. The van der Waals surface area contributed by atoms with E-state index < -0.39 is 0 Å². The lowest BCUT2D eigenvalue weighted by atomic mass is 10.1. The fraction of sp³-hybridized carbons (Fsp3) is 0.348. The van der Waals surface area contributed by atoms with Crippen molar-refractivity contribution in [1.82, 2.24) is 25.0 Å². The number of hydrogen-bond acceptors (Lipinski definition) is 4. The van der Waals surface area contributed by atoms with Crippen molar-refractivity contribution in [3.63, 3.8) is 0 Å². The van der Waals surface area contributed by atoms with Gasteiger partial charge in [0, 0.05) is 18.4 Å². The average molecular weight is 426 g/mol. The van der Waals surface area contributed by atoms with Crippen LogP contribution < -0.4 is 5.32 Å². The van der Waals surface area contributed by atoms with Gasteiger partial charge < -0.3 is 10.2 Å². The van der Waals surface area contributed by atoms with E-state index in [0.29, 0.717) is 12.1 Å². The quantitative estimate of drug-likeness (QED) is 0.675. The van der Waals surface area contributed by atoms with Crippen molar-refractivity contribution in [2.75, 3.05) is 13.1 Å². The molecule has 4 rings (SSSR count). The van der Waals surface area contributed by atoms with Crippen LogP contribution in [0.5, 0.6) is 0 Å². The summed E-state index contributed by atoms with van der Waals surface area (Å²) < 4.78 is 1.79. The van der Waals surface area contributed by atoms with Crippen LogP contribution in [0.3, 0.4) is 0 Å². The van der Waals surface area contributed by atoms with Gasteiger partial charge in [-0.1, -0.05) is 24.3 Å². The molecule has 0 aliphatic carbocycles. The van der Waals surface area contributed by atoms with E-state index in [1.54, 1.807) is 10.9 Å². The van der Waals surface area contributed by atoms with E-state index in [2.05, 4.69) is 15.4 Å². The molecule has 3 heterocycles. The monoisotopic (exact) mass is 425 g/mol. The first-order chi connectivity index (χ1) is 14.2. The number of benzene rings is 1. The van der Waals surface area contributed by atoms with Gasteiger partial charge in [-0.05, 0) is 63.5 Å². The second-order valence-electron chi connectivity index (χ2n) is 7.50. The zero-order chi connectivity index (χ0) is 20.1. The summed E-state index contributed by atoms with van der Waals surface area (Å²) in [5.41, 5.74) is 3.26. The number of nitrogens with zero attached hydrogens (tertiary/aromatic N) is 4. The molecular formula is C23H28ClN5O. The van der Waals surface area contributed by atoms with Gasteiger partial charge in [-0.25, -0.2) is 4.68 Å². The Hall–Kier alpha value is -2.70. The van der Waals surface area contributed by atoms with Gasteiger partial charge in [0.25, 0.3) is 5.91 Å². The number of amides is 1. The number of aryl methyl sites for hydroxylation is 1. The van der Waals surface area contributed by atoms with Crippen molar-refractivity contribution in [3.8, 4) is 5.69 Å². The van der Waals surface area contributed by atoms with Gasteiger partial charge in [0.2, 0.25) is 0 Å². The minimum atomic E-state index is 0. The maximum absolute atomic E-state index is 13.7. The molecule has 7 heteroatoms. The van der Waals surface area contributed by atoms with Crippen molar-refractivity contribution < 1.29 is 4.79 Å². The Balaban J connectivity index is 0.00000256. The maximum Gasteiger partial charge on any atom is 0.257 e. The highest BCUT2D eigenvalue weighted by Gasteiger charge is 2.28. The standard InChI is InChI=1S/C23H27N5O.ClH/c1-18-22(17-28(26-18)21-9-3-2-4-10-21)23(29)27(16-19-8-5-6-14-25-19)20-11-7-13-24-15-12-20;/h2-6,8-10,14,17,20,24H,7,11-13,15-16H2,1H3;1H. The van der Waals surface area contributed by atoms with Crippen LogP contribution >= 0.6 is 12.4 Å². The molecule has 2 aromatic heterocycles. The predicted molar refractivity (Wildman–Crippen MR) is 120 cm³/mol. The lowest BCUT2D eigenvalue weighted by Crippen LogP contribution is -2.40. The van der Waals surface area contributed by atoms with Gasteiger partial charge in [-0.3, -0.25) is 9.78 Å². The highest BCUT2D eigenvalue weighted by molar-refractivity contribution is 5.95. The number of halogens is 1. The summed E-state index contributed by atoms with van der Waals surface area (Å²) in [6.07, 6.45) is 6.65. The summed E-state index contributed by atoms with van der Waals surface area (Å²) in [5, 5.41) is 8.04. The van der Waals surface area contributed by atoms with E-state index in [9.17, 15) is 4.79 Å². The summed E-state index contributed by atoms with van der Waals surface area (Å²) in [4.78, 5) is 20.1. The van der Waals surface area contributed by atoms with Crippen molar-refractivity contribution in [2.45, 2.75) is 38.8 Å². The van der Waals surface area contributed by atoms with Gasteiger partial charge in [-0.15, -0.1) is 12.4 Å². The first-order valence-electron chi connectivity index (χ1n) is 10.3. The minimum absolute atomic E-state index is 0. The number of pyridine rings is 1. The molecule has 6 nitrogen and oxygen atoms in total. The van der Waals surface area contributed by atoms with Crippen LogP contribution in [-0.2, 0) is 6.54 Å². The van der Waals surface area contributed by atoms with Gasteiger partial charge in [0.05, 0.1) is 29.2 Å². The maximum atomic E-state index is 13.7. The zero-order valence-electron chi connectivity index (χ0n) is 17.2. The summed E-state index contributed by atoms with van der Waals surface area (Å²) in [5.74, 6) is 0.0298. The van der Waals surface area contributed by atoms with E-state index in [0.717, 1.165) is 49.4 Å². The third-order valence-corrected chi connectivity index (χ3v) is 5.46. The molecule has 1 amide bonds. The summed E-state index contributed by atoms with van der Waals surface area (Å²) in [7, 11) is 0. The number of nitrogens with one attached hydrogen (secondary N) is 1. The highest BCUT2D eigenvalue weighted by Crippen LogP contribution is 2.21. The minimum Gasteiger partial charge on any atom is -0.330 e. The second-order valence-corrected chi connectivity index (χ2v) is 7.50. The molecule has 1 unspecified atom stereocenters. The lowest BCUT2D eigenvalue weighted by Gasteiger charge is -2.31. The number of aromatic nitrogens is 3. The van der Waals surface area contributed by atoms with Crippen LogP contribution in [0.2, 0.25) is 0 Å². The Bertz CT molecular complexity index is 937. The van der Waals surface area contributed by atoms with E-state index >= 15 is 0 Å². The van der Waals surface area contributed by atoms with Crippen molar-refractivity contribution in [1.29, 1.82) is 0 Å². The molecule has 1 aliphatic rings. The molecular weight excluding hydrogens is 398 g/mol. The molecule has 1 atom stereocenters. The fourth-order valence-electron chi connectivity index (χ4n) is 3.88. The van der Waals surface area contributed by atoms with E-state index in [4.69, 9.17) is 0 Å². The van der Waals surface area contributed by atoms with Crippen LogP contribution in [-0.4, -0.2) is 44.7 Å². The Morgan fingerprint density at radius 3 is 2.70 bits per heavy atom. The topological polar surface area (TPSA) is 63.1 Å². The third-order valence-electron chi connectivity index (χ3n) is 5.46. The Labute approximate surface area is 183 Å². The highest BCUT2D eigenvalue weighted by atomic mass is 35.5. The summed E-state index contributed by atoms with van der Waals surface area (Å²) in [6, 6.07) is 15.9. The number of hydrogen-bond donors (Lipinski definition) is 1. The predicted octanol–water partition coefficient (Wildman–Crippen LogP) is 3.78. The molecule has 1 saturated heterocycles. The Morgan fingerprint density at radius 2 is 1.93 bits per heavy atom. The van der Waals surface area contributed by atoms with Gasteiger partial charge in [-0.2, -0.15) is 5.10 Å². The van der Waals surface area contributed by atoms with E-state index in [1.165, 1.54) is 0 Å². The molecule has 1 aromatic carbocycles. The van der Waals surface area contributed by atoms with Crippen LogP contribution in [0.15, 0.2) is 60.9 Å². The fourth-order valence-corrected chi connectivity index (χ4v) is 3.88. The molecule has 1 N–H and O–H groups in total. The summed E-state index contributed by atoms with van der Waals surface area (Å²) >= 11 is 0. The SMILES string of the molecule is Cc1nn(-c2ccccc2)cc1C(=O)N(Cc1ccccn1)C1CCCNCC1.Cl. The molecule has 0 saturated carbocycles. The van der Waals surface area contributed by atoms with Crippen LogP contribution in [0.1, 0.15) is 41.0 Å². The molecule has 1 aliphatic heterocycles. The smallest absolute Gasteiger partial charge is 0.257 e. The molecule has 158 valence electrons.